The molecule has 2 aromatic carbocycles. The molecule has 0 aliphatic carbocycles. The Morgan fingerprint density at radius 3 is 2.35 bits per heavy atom. The average molecular weight is 856 g/mol. The lowest BCUT2D eigenvalue weighted by Crippen LogP contribution is -2.58. The number of nitrogens with one attached hydrogen (secondary N) is 3. The van der Waals surface area contributed by atoms with Crippen molar-refractivity contribution in [1.29, 1.82) is 0 Å². The summed E-state index contributed by atoms with van der Waals surface area (Å²) in [6.45, 7) is 2.07. The van der Waals surface area contributed by atoms with Gasteiger partial charge in [0.25, 0.3) is 17.4 Å². The van der Waals surface area contributed by atoms with Crippen LogP contribution in [0.2, 0.25) is 0 Å². The van der Waals surface area contributed by atoms with E-state index in [4.69, 9.17) is 14.2 Å². The third kappa shape index (κ3) is 8.31. The number of amides is 7. The van der Waals surface area contributed by atoms with E-state index >= 15 is 0 Å². The molecule has 4 aliphatic rings. The summed E-state index contributed by atoms with van der Waals surface area (Å²) in [5.74, 6) is -2.45. The fourth-order valence-corrected chi connectivity index (χ4v) is 8.69. The topological polar surface area (TPSA) is 235 Å². The molecule has 4 aliphatic heterocycles. The predicted octanol–water partition coefficient (Wildman–Crippen LogP) is 1.73. The number of imide groups is 2. The zero-order chi connectivity index (χ0) is 44.4. The molecule has 0 saturated carbocycles. The number of hydrogen-bond acceptors (Lipinski definition) is 12. The summed E-state index contributed by atoms with van der Waals surface area (Å²) in [6.07, 6.45) is 4.21. The number of aromatic nitrogens is 1. The minimum Gasteiger partial charge on any atom is -0.496 e. The Morgan fingerprint density at radius 1 is 0.903 bits per heavy atom. The first-order valence-corrected chi connectivity index (χ1v) is 20.4. The van der Waals surface area contributed by atoms with Gasteiger partial charge in [-0.2, -0.15) is 0 Å². The van der Waals surface area contributed by atoms with Crippen LogP contribution in [0.4, 0.5) is 4.79 Å². The van der Waals surface area contributed by atoms with E-state index in [1.807, 2.05) is 12.1 Å². The van der Waals surface area contributed by atoms with Gasteiger partial charge in [-0.3, -0.25) is 43.9 Å². The summed E-state index contributed by atoms with van der Waals surface area (Å²) in [6, 6.07) is 5.21. The number of aryl methyl sites for hydroxylation is 1. The molecule has 0 radical (unpaired) electrons. The average Bonchev–Trinajstić information content (AvgIpc) is 3.50. The Morgan fingerprint density at radius 2 is 1.66 bits per heavy atom. The van der Waals surface area contributed by atoms with Crippen molar-refractivity contribution in [3.05, 3.63) is 74.7 Å². The third-order valence-electron chi connectivity index (χ3n) is 11.8. The van der Waals surface area contributed by atoms with Crippen molar-refractivity contribution >= 4 is 41.5 Å². The van der Waals surface area contributed by atoms with Crippen LogP contribution in [-0.4, -0.2) is 126 Å². The molecule has 2 fully saturated rings. The predicted molar refractivity (Wildman–Crippen MR) is 220 cm³/mol. The number of aliphatic carboxylic acids is 1. The van der Waals surface area contributed by atoms with Crippen molar-refractivity contribution in [3.63, 3.8) is 0 Å². The van der Waals surface area contributed by atoms with Crippen molar-refractivity contribution < 1.29 is 52.9 Å². The monoisotopic (exact) mass is 855 g/mol. The summed E-state index contributed by atoms with van der Waals surface area (Å²) < 4.78 is 18.9. The van der Waals surface area contributed by atoms with Crippen LogP contribution in [0.1, 0.15) is 82.0 Å². The second-order valence-corrected chi connectivity index (χ2v) is 15.7. The molecule has 19 nitrogen and oxygen atoms in total. The van der Waals surface area contributed by atoms with Crippen LogP contribution >= 0.6 is 0 Å². The van der Waals surface area contributed by atoms with Crippen LogP contribution in [0.3, 0.4) is 0 Å². The van der Waals surface area contributed by atoms with Crippen molar-refractivity contribution in [2.45, 2.75) is 69.6 Å². The number of carbonyl (C=O) groups is 7. The van der Waals surface area contributed by atoms with Crippen molar-refractivity contribution in [2.75, 3.05) is 47.5 Å². The SMILES string of the molecule is CNC(=O)N1CCc2c(-c3cc(OC)c(CN4CC(NC(=O)CCCCCOc5cccc6c5C(=O)N(C5CCC(=O)NC5=O)C6=O)C4)cc3OC)cn(C)c(=O)c2C1C(=O)O. The molecule has 0 spiro atoms. The van der Waals surface area contributed by atoms with E-state index in [0.717, 1.165) is 15.4 Å². The van der Waals surface area contributed by atoms with Gasteiger partial charge in [-0.25, -0.2) is 9.59 Å². The van der Waals surface area contributed by atoms with E-state index in [0.29, 0.717) is 73.5 Å². The summed E-state index contributed by atoms with van der Waals surface area (Å²) in [4.78, 5) is 106. The number of pyridine rings is 1. The Labute approximate surface area is 356 Å². The zero-order valence-corrected chi connectivity index (χ0v) is 34.9. The first-order valence-electron chi connectivity index (χ1n) is 20.4. The highest BCUT2D eigenvalue weighted by molar-refractivity contribution is 6.24. The second-order valence-electron chi connectivity index (χ2n) is 15.7. The maximum atomic E-state index is 13.4. The minimum atomic E-state index is -1.47. The molecule has 0 bridgehead atoms. The number of carboxylic acid groups (broad SMARTS) is 1. The molecule has 4 N–H and O–H groups in total. The Balaban J connectivity index is 0.897. The number of benzene rings is 2. The fourth-order valence-electron chi connectivity index (χ4n) is 8.69. The smallest absolute Gasteiger partial charge is 0.331 e. The highest BCUT2D eigenvalue weighted by Crippen LogP contribution is 2.42. The Hall–Kier alpha value is -6.76. The number of carboxylic acids is 1. The highest BCUT2D eigenvalue weighted by atomic mass is 16.5. The summed E-state index contributed by atoms with van der Waals surface area (Å²) >= 11 is 0. The maximum Gasteiger partial charge on any atom is 0.331 e. The molecular weight excluding hydrogens is 807 g/mol. The highest BCUT2D eigenvalue weighted by Gasteiger charge is 2.46. The van der Waals surface area contributed by atoms with Crippen LogP contribution in [-0.2, 0) is 39.2 Å². The quantitative estimate of drug-likeness (QED) is 0.126. The lowest BCUT2D eigenvalue weighted by molar-refractivity contribution is -0.143. The van der Waals surface area contributed by atoms with Crippen molar-refractivity contribution in [2.24, 2.45) is 7.05 Å². The molecule has 2 atom stereocenters. The maximum absolute atomic E-state index is 13.4. The normalized spacial score (nSPS) is 18.7. The number of likely N-dealkylation sites (tertiary alicyclic amines) is 1. The van der Waals surface area contributed by atoms with Gasteiger partial charge >= 0.3 is 12.0 Å². The van der Waals surface area contributed by atoms with Crippen LogP contribution in [0.5, 0.6) is 17.2 Å². The lowest BCUT2D eigenvalue weighted by atomic mass is 9.87. The van der Waals surface area contributed by atoms with Crippen LogP contribution in [0.25, 0.3) is 11.1 Å². The second kappa shape index (κ2) is 18.1. The third-order valence-corrected chi connectivity index (χ3v) is 11.8. The van der Waals surface area contributed by atoms with Gasteiger partial charge in [0.15, 0.2) is 6.04 Å². The van der Waals surface area contributed by atoms with E-state index < -0.39 is 53.3 Å². The number of carbonyl (C=O) groups excluding carboxylic acids is 6. The number of piperidine rings is 1. The molecule has 3 aromatic rings. The standard InChI is InChI=1S/C43H49N7O12/c1-44-43(59)49-15-14-25-28(22-47(2)40(55)36(25)37(49)42(57)58)27-18-31(60-3)23(17-32(27)61-4)19-48-20-24(21-48)45-33(51)11-6-5-7-16-62-30-10-8-9-26-35(30)41(56)50(39(26)54)29-12-13-34(52)46-38(29)53/h8-10,17-18,22,24,29,37H,5-7,11-16,19-21H2,1-4H3,(H,44,59)(H,45,51)(H,57,58)(H,46,52,53). The van der Waals surface area contributed by atoms with Gasteiger partial charge in [-0.05, 0) is 61.9 Å². The van der Waals surface area contributed by atoms with Gasteiger partial charge in [0.05, 0.1) is 43.6 Å². The van der Waals surface area contributed by atoms with Crippen LogP contribution < -0.4 is 35.7 Å². The number of fused-ring (bicyclic) bond motifs is 2. The van der Waals surface area contributed by atoms with Crippen molar-refractivity contribution in [3.8, 4) is 28.4 Å². The Kier molecular flexibility index (Phi) is 12.6. The largest absolute Gasteiger partial charge is 0.496 e. The van der Waals surface area contributed by atoms with Crippen LogP contribution in [0.15, 0.2) is 41.3 Å². The molecule has 1 aromatic heterocycles. The van der Waals surface area contributed by atoms with E-state index in [1.54, 1.807) is 25.4 Å². The molecule has 2 saturated heterocycles. The number of unbranched alkanes of at least 4 members (excludes halogenated alkanes) is 2. The van der Waals surface area contributed by atoms with E-state index in [9.17, 15) is 43.5 Å². The van der Waals surface area contributed by atoms with E-state index in [-0.39, 0.29) is 66.8 Å². The molecule has 5 heterocycles. The molecule has 7 amide bonds. The number of rotatable bonds is 15. The minimum absolute atomic E-state index is 0.0205. The van der Waals surface area contributed by atoms with Crippen molar-refractivity contribution in [1.82, 2.24) is 35.2 Å². The molecule has 19 heteroatoms. The molecule has 7 rings (SSSR count). The first kappa shape index (κ1) is 43.3. The summed E-state index contributed by atoms with van der Waals surface area (Å²) in [5, 5.41) is 17.9. The van der Waals surface area contributed by atoms with Gasteiger partial charge in [0.2, 0.25) is 17.7 Å². The summed E-state index contributed by atoms with van der Waals surface area (Å²) in [7, 11) is 6.02. The van der Waals surface area contributed by atoms with Gasteiger partial charge in [-0.15, -0.1) is 0 Å². The molecule has 2 unspecified atom stereocenters. The lowest BCUT2D eigenvalue weighted by Gasteiger charge is -2.40. The Bertz CT molecular complexity index is 2410. The number of nitrogens with zero attached hydrogens (tertiary/aromatic N) is 4. The van der Waals surface area contributed by atoms with Crippen LogP contribution in [0, 0.1) is 0 Å². The van der Waals surface area contributed by atoms with E-state index in [2.05, 4.69) is 20.9 Å². The fraction of sp³-hybridized carbons (Fsp3) is 0.442. The van der Waals surface area contributed by atoms with Gasteiger partial charge < -0.3 is 39.4 Å². The number of methoxy groups -OCH3 is 2. The number of urea groups is 1. The van der Waals surface area contributed by atoms with Gasteiger partial charge in [0, 0.05) is 76.0 Å². The van der Waals surface area contributed by atoms with Gasteiger partial charge in [-0.1, -0.05) is 6.07 Å². The zero-order valence-electron chi connectivity index (χ0n) is 34.9. The van der Waals surface area contributed by atoms with Gasteiger partial charge in [0.1, 0.15) is 23.3 Å². The van der Waals surface area contributed by atoms with E-state index in [1.165, 1.54) is 31.8 Å². The number of hydrogen-bond donors (Lipinski definition) is 4. The molecule has 328 valence electrons. The molecular formula is C43H49N7O12. The summed E-state index contributed by atoms with van der Waals surface area (Å²) in [5.41, 5.74) is 2.31. The first-order chi connectivity index (χ1) is 29.8. The number of ether oxygens (including phenoxy) is 3. The molecule has 62 heavy (non-hydrogen) atoms.